The van der Waals surface area contributed by atoms with E-state index in [2.05, 4.69) is 35.6 Å². The fourth-order valence-corrected chi connectivity index (χ4v) is 2.95. The molecule has 0 radical (unpaired) electrons. The Bertz CT molecular complexity index is 301. The van der Waals surface area contributed by atoms with Crippen LogP contribution in [0.15, 0.2) is 30.3 Å². The lowest BCUT2D eigenvalue weighted by Crippen LogP contribution is -2.18. The van der Waals surface area contributed by atoms with E-state index in [-0.39, 0.29) is 0 Å². The number of unbranched alkanes of at least 4 members (excludes halogenated alkanes) is 1. The third kappa shape index (κ3) is 5.22. The van der Waals surface area contributed by atoms with Gasteiger partial charge in [0.05, 0.1) is 0 Å². The fraction of sp³-hybridized carbons (Fsp3) is 0.647. The van der Waals surface area contributed by atoms with Gasteiger partial charge in [0.25, 0.3) is 0 Å². The Kier molecular flexibility index (Phi) is 6.28. The Morgan fingerprint density at radius 2 is 1.72 bits per heavy atom. The van der Waals surface area contributed by atoms with Crippen molar-refractivity contribution in [3.8, 4) is 0 Å². The lowest BCUT2D eigenvalue weighted by molar-refractivity contribution is 0.474. The zero-order valence-electron chi connectivity index (χ0n) is 11.5. The van der Waals surface area contributed by atoms with E-state index >= 15 is 0 Å². The van der Waals surface area contributed by atoms with Gasteiger partial charge in [0.15, 0.2) is 0 Å². The van der Waals surface area contributed by atoms with Crippen molar-refractivity contribution in [2.75, 3.05) is 13.1 Å². The topological polar surface area (TPSA) is 12.0 Å². The number of nitrogens with one attached hydrogen (secondary N) is 1. The van der Waals surface area contributed by atoms with Crippen molar-refractivity contribution < 1.29 is 0 Å². The van der Waals surface area contributed by atoms with E-state index < -0.39 is 0 Å². The number of rotatable bonds is 8. The monoisotopic (exact) mass is 245 g/mol. The molecule has 1 aliphatic carbocycles. The van der Waals surface area contributed by atoms with Gasteiger partial charge in [0, 0.05) is 0 Å². The Labute approximate surface area is 112 Å². The van der Waals surface area contributed by atoms with Crippen molar-refractivity contribution in [3.63, 3.8) is 0 Å². The Balaban J connectivity index is 1.42. The SMILES string of the molecule is c1ccc(CCCCNCCC2CCCC2)cc1. The van der Waals surface area contributed by atoms with Gasteiger partial charge in [-0.1, -0.05) is 56.0 Å². The summed E-state index contributed by atoms with van der Waals surface area (Å²) in [5.74, 6) is 1.03. The first-order valence-corrected chi connectivity index (χ1v) is 7.70. The summed E-state index contributed by atoms with van der Waals surface area (Å²) < 4.78 is 0. The highest BCUT2D eigenvalue weighted by atomic mass is 14.8. The van der Waals surface area contributed by atoms with Crippen molar-refractivity contribution in [1.29, 1.82) is 0 Å². The molecule has 0 atom stereocenters. The number of aryl methyl sites for hydroxylation is 1. The third-order valence-corrected chi connectivity index (χ3v) is 4.12. The molecule has 1 nitrogen and oxygen atoms in total. The first-order valence-electron chi connectivity index (χ1n) is 7.70. The van der Waals surface area contributed by atoms with Gasteiger partial charge in [-0.2, -0.15) is 0 Å². The van der Waals surface area contributed by atoms with E-state index in [0.29, 0.717) is 0 Å². The van der Waals surface area contributed by atoms with E-state index in [4.69, 9.17) is 0 Å². The molecular weight excluding hydrogens is 218 g/mol. The van der Waals surface area contributed by atoms with Crippen molar-refractivity contribution in [2.24, 2.45) is 5.92 Å². The predicted octanol–water partition coefficient (Wildman–Crippen LogP) is 4.18. The maximum absolute atomic E-state index is 3.60. The second-order valence-electron chi connectivity index (χ2n) is 5.63. The van der Waals surface area contributed by atoms with Crippen LogP contribution in [-0.2, 0) is 6.42 Å². The molecule has 0 bridgehead atoms. The molecule has 0 aliphatic heterocycles. The second kappa shape index (κ2) is 8.31. The van der Waals surface area contributed by atoms with Gasteiger partial charge in [-0.15, -0.1) is 0 Å². The molecule has 1 aromatic carbocycles. The number of hydrogen-bond acceptors (Lipinski definition) is 1. The average molecular weight is 245 g/mol. The van der Waals surface area contributed by atoms with Crippen molar-refractivity contribution in [1.82, 2.24) is 5.32 Å². The Morgan fingerprint density at radius 3 is 2.50 bits per heavy atom. The Morgan fingerprint density at radius 1 is 0.944 bits per heavy atom. The smallest absolute Gasteiger partial charge is 0.00463 e. The highest BCUT2D eigenvalue weighted by molar-refractivity contribution is 5.14. The van der Waals surface area contributed by atoms with Gasteiger partial charge in [-0.3, -0.25) is 0 Å². The summed E-state index contributed by atoms with van der Waals surface area (Å²) in [7, 11) is 0. The molecule has 18 heavy (non-hydrogen) atoms. The molecule has 1 N–H and O–H groups in total. The lowest BCUT2D eigenvalue weighted by Gasteiger charge is -2.09. The van der Waals surface area contributed by atoms with Crippen LogP contribution in [0.4, 0.5) is 0 Å². The number of hydrogen-bond donors (Lipinski definition) is 1. The predicted molar refractivity (Wildman–Crippen MR) is 78.8 cm³/mol. The van der Waals surface area contributed by atoms with Crippen LogP contribution in [0, 0.1) is 5.92 Å². The van der Waals surface area contributed by atoms with Crippen LogP contribution in [0.1, 0.15) is 50.5 Å². The zero-order chi connectivity index (χ0) is 12.5. The maximum atomic E-state index is 3.60. The average Bonchev–Trinajstić information content (AvgIpc) is 2.92. The Hall–Kier alpha value is -0.820. The van der Waals surface area contributed by atoms with Crippen molar-refractivity contribution >= 4 is 0 Å². The molecule has 0 amide bonds. The van der Waals surface area contributed by atoms with E-state index in [9.17, 15) is 0 Å². The molecule has 1 fully saturated rings. The largest absolute Gasteiger partial charge is 0.317 e. The minimum Gasteiger partial charge on any atom is -0.317 e. The molecule has 0 spiro atoms. The van der Waals surface area contributed by atoms with E-state index in [1.165, 1.54) is 70.0 Å². The molecule has 100 valence electrons. The molecule has 0 heterocycles. The molecule has 0 unspecified atom stereocenters. The van der Waals surface area contributed by atoms with Crippen LogP contribution in [0.5, 0.6) is 0 Å². The first-order chi connectivity index (χ1) is 8.95. The highest BCUT2D eigenvalue weighted by Gasteiger charge is 2.13. The van der Waals surface area contributed by atoms with Crippen LogP contribution in [0.3, 0.4) is 0 Å². The molecular formula is C17H27N. The molecule has 0 saturated heterocycles. The van der Waals surface area contributed by atoms with Crippen molar-refractivity contribution in [2.45, 2.75) is 51.4 Å². The lowest BCUT2D eigenvalue weighted by atomic mass is 10.0. The summed E-state index contributed by atoms with van der Waals surface area (Å²) >= 11 is 0. The minimum atomic E-state index is 1.03. The maximum Gasteiger partial charge on any atom is -0.00463 e. The molecule has 0 aromatic heterocycles. The summed E-state index contributed by atoms with van der Waals surface area (Å²) in [6, 6.07) is 10.8. The molecule has 1 aromatic rings. The van der Waals surface area contributed by atoms with Crippen LogP contribution in [0.2, 0.25) is 0 Å². The summed E-state index contributed by atoms with van der Waals surface area (Å²) in [4.78, 5) is 0. The van der Waals surface area contributed by atoms with Crippen LogP contribution in [0.25, 0.3) is 0 Å². The molecule has 1 heteroatoms. The molecule has 1 saturated carbocycles. The quantitative estimate of drug-likeness (QED) is 0.678. The third-order valence-electron chi connectivity index (χ3n) is 4.12. The van der Waals surface area contributed by atoms with E-state index in [1.54, 1.807) is 0 Å². The summed E-state index contributed by atoms with van der Waals surface area (Å²) in [5, 5.41) is 3.60. The highest BCUT2D eigenvalue weighted by Crippen LogP contribution is 2.26. The van der Waals surface area contributed by atoms with Crippen LogP contribution >= 0.6 is 0 Å². The van der Waals surface area contributed by atoms with Gasteiger partial charge in [-0.25, -0.2) is 0 Å². The molecule has 2 rings (SSSR count). The standard InChI is InChI=1S/C17H27N/c1-2-8-16(9-3-1)12-6-7-14-18-15-13-17-10-4-5-11-17/h1-3,8-9,17-18H,4-7,10-15H2. The number of benzene rings is 1. The van der Waals surface area contributed by atoms with Gasteiger partial charge < -0.3 is 5.32 Å². The van der Waals surface area contributed by atoms with Crippen LogP contribution in [-0.4, -0.2) is 13.1 Å². The summed E-state index contributed by atoms with van der Waals surface area (Å²) in [6.45, 7) is 2.43. The van der Waals surface area contributed by atoms with Gasteiger partial charge in [0.2, 0.25) is 0 Å². The van der Waals surface area contributed by atoms with Crippen LogP contribution < -0.4 is 5.32 Å². The van der Waals surface area contributed by atoms with E-state index in [1.807, 2.05) is 0 Å². The second-order valence-corrected chi connectivity index (χ2v) is 5.63. The molecule has 1 aliphatic rings. The normalized spacial score (nSPS) is 16.2. The van der Waals surface area contributed by atoms with E-state index in [0.717, 1.165) is 5.92 Å². The minimum absolute atomic E-state index is 1.03. The fourth-order valence-electron chi connectivity index (χ4n) is 2.95. The van der Waals surface area contributed by atoms with Gasteiger partial charge in [-0.05, 0) is 50.3 Å². The van der Waals surface area contributed by atoms with Gasteiger partial charge in [0.1, 0.15) is 0 Å². The first kappa shape index (κ1) is 13.6. The summed E-state index contributed by atoms with van der Waals surface area (Å²) in [6.07, 6.45) is 11.2. The zero-order valence-corrected chi connectivity index (χ0v) is 11.5. The van der Waals surface area contributed by atoms with Crippen molar-refractivity contribution in [3.05, 3.63) is 35.9 Å². The van der Waals surface area contributed by atoms with Gasteiger partial charge >= 0.3 is 0 Å². The summed E-state index contributed by atoms with van der Waals surface area (Å²) in [5.41, 5.74) is 1.48.